The predicted octanol–water partition coefficient (Wildman–Crippen LogP) is 3.89. The van der Waals surface area contributed by atoms with Crippen molar-refractivity contribution in [3.8, 4) is 5.69 Å². The molecule has 0 atom stereocenters. The number of hydrogen-bond donors (Lipinski definition) is 1. The van der Waals surface area contributed by atoms with E-state index < -0.39 is 0 Å². The summed E-state index contributed by atoms with van der Waals surface area (Å²) in [5, 5.41) is 14.1. The standard InChI is InChI=1S/C17H19N5OS2/c1-11(2)13-4-6-14(7-5-13)22-10-18-21-17(22)25-9-15(23)20-16-19-12(3)8-24-16/h4-8,10-11H,9H2,1-3H3,(H,19,20,23). The zero-order valence-corrected chi connectivity index (χ0v) is 15.9. The SMILES string of the molecule is Cc1csc(NC(=O)CSc2nncn2-c2ccc(C(C)C)cc2)n1. The van der Waals surface area contributed by atoms with Crippen LogP contribution in [0.25, 0.3) is 5.69 Å². The number of carbonyl (C=O) groups is 1. The molecule has 8 heteroatoms. The normalized spacial score (nSPS) is 11.0. The molecule has 0 saturated carbocycles. The van der Waals surface area contributed by atoms with Gasteiger partial charge in [0.1, 0.15) is 6.33 Å². The summed E-state index contributed by atoms with van der Waals surface area (Å²) in [7, 11) is 0. The summed E-state index contributed by atoms with van der Waals surface area (Å²) in [4.78, 5) is 16.3. The number of anilines is 1. The summed E-state index contributed by atoms with van der Waals surface area (Å²) in [6.45, 7) is 6.23. The van der Waals surface area contributed by atoms with Gasteiger partial charge in [0, 0.05) is 11.1 Å². The fourth-order valence-electron chi connectivity index (χ4n) is 2.22. The van der Waals surface area contributed by atoms with Crippen LogP contribution < -0.4 is 5.32 Å². The summed E-state index contributed by atoms with van der Waals surface area (Å²) in [5.74, 6) is 0.632. The average Bonchev–Trinajstić information content (AvgIpc) is 3.22. The van der Waals surface area contributed by atoms with E-state index >= 15 is 0 Å². The first-order valence-corrected chi connectivity index (χ1v) is 9.74. The van der Waals surface area contributed by atoms with Crippen LogP contribution in [0.15, 0.2) is 41.1 Å². The third-order valence-electron chi connectivity index (χ3n) is 3.55. The molecule has 0 fully saturated rings. The van der Waals surface area contributed by atoms with Crippen LogP contribution in [0.2, 0.25) is 0 Å². The fourth-order valence-corrected chi connectivity index (χ4v) is 3.65. The second-order valence-corrected chi connectivity index (χ2v) is 7.66. The number of rotatable bonds is 6. The monoisotopic (exact) mass is 373 g/mol. The van der Waals surface area contributed by atoms with E-state index in [0.717, 1.165) is 11.4 Å². The van der Waals surface area contributed by atoms with Gasteiger partial charge in [-0.25, -0.2) is 4.98 Å². The molecule has 0 radical (unpaired) electrons. The molecular weight excluding hydrogens is 354 g/mol. The Kier molecular flexibility index (Phi) is 5.50. The Hall–Kier alpha value is -2.19. The molecular formula is C17H19N5OS2. The highest BCUT2D eigenvalue weighted by Crippen LogP contribution is 2.22. The van der Waals surface area contributed by atoms with Gasteiger partial charge in [0.05, 0.1) is 11.4 Å². The van der Waals surface area contributed by atoms with Gasteiger partial charge in [-0.15, -0.1) is 21.5 Å². The van der Waals surface area contributed by atoms with Crippen molar-refractivity contribution in [2.24, 2.45) is 0 Å². The number of hydrogen-bond acceptors (Lipinski definition) is 6. The first-order chi connectivity index (χ1) is 12.0. The molecule has 6 nitrogen and oxygen atoms in total. The van der Waals surface area contributed by atoms with E-state index in [1.165, 1.54) is 28.7 Å². The van der Waals surface area contributed by atoms with Gasteiger partial charge < -0.3 is 5.32 Å². The van der Waals surface area contributed by atoms with E-state index in [0.29, 0.717) is 16.2 Å². The lowest BCUT2D eigenvalue weighted by Gasteiger charge is -2.09. The van der Waals surface area contributed by atoms with Gasteiger partial charge in [0.25, 0.3) is 0 Å². The smallest absolute Gasteiger partial charge is 0.236 e. The average molecular weight is 374 g/mol. The Labute approximate surface area is 154 Å². The quantitative estimate of drug-likeness (QED) is 0.664. The summed E-state index contributed by atoms with van der Waals surface area (Å²) in [6, 6.07) is 8.29. The Balaban J connectivity index is 1.64. The number of carbonyl (C=O) groups excluding carboxylic acids is 1. The maximum atomic E-state index is 12.1. The number of thioether (sulfide) groups is 1. The molecule has 0 aliphatic rings. The Morgan fingerprint density at radius 1 is 1.32 bits per heavy atom. The molecule has 1 aromatic carbocycles. The van der Waals surface area contributed by atoms with Gasteiger partial charge >= 0.3 is 0 Å². The first-order valence-electron chi connectivity index (χ1n) is 7.88. The van der Waals surface area contributed by atoms with Crippen molar-refractivity contribution in [1.82, 2.24) is 19.7 Å². The molecule has 130 valence electrons. The van der Waals surface area contributed by atoms with Crippen molar-refractivity contribution in [1.29, 1.82) is 0 Å². The minimum Gasteiger partial charge on any atom is -0.301 e. The summed E-state index contributed by atoms with van der Waals surface area (Å²) >= 11 is 2.77. The van der Waals surface area contributed by atoms with E-state index in [9.17, 15) is 4.79 Å². The highest BCUT2D eigenvalue weighted by molar-refractivity contribution is 7.99. The van der Waals surface area contributed by atoms with Crippen molar-refractivity contribution in [2.75, 3.05) is 11.1 Å². The van der Waals surface area contributed by atoms with Crippen molar-refractivity contribution in [3.63, 3.8) is 0 Å². The molecule has 1 N–H and O–H groups in total. The molecule has 0 spiro atoms. The summed E-state index contributed by atoms with van der Waals surface area (Å²) < 4.78 is 1.88. The molecule has 3 rings (SSSR count). The van der Waals surface area contributed by atoms with Crippen LogP contribution in [0.3, 0.4) is 0 Å². The lowest BCUT2D eigenvalue weighted by Crippen LogP contribution is -2.14. The molecule has 0 unspecified atom stereocenters. The summed E-state index contributed by atoms with van der Waals surface area (Å²) in [5.41, 5.74) is 3.16. The van der Waals surface area contributed by atoms with Crippen molar-refractivity contribution < 1.29 is 4.79 Å². The Morgan fingerprint density at radius 3 is 2.72 bits per heavy atom. The topological polar surface area (TPSA) is 72.7 Å². The lowest BCUT2D eigenvalue weighted by atomic mass is 10.0. The van der Waals surface area contributed by atoms with Crippen molar-refractivity contribution in [2.45, 2.75) is 31.8 Å². The third-order valence-corrected chi connectivity index (χ3v) is 5.37. The van der Waals surface area contributed by atoms with Crippen LogP contribution in [0.5, 0.6) is 0 Å². The molecule has 0 aliphatic heterocycles. The highest BCUT2D eigenvalue weighted by Gasteiger charge is 2.11. The third kappa shape index (κ3) is 4.46. The maximum Gasteiger partial charge on any atom is 0.236 e. The van der Waals surface area contributed by atoms with Gasteiger partial charge in [0.15, 0.2) is 10.3 Å². The van der Waals surface area contributed by atoms with Gasteiger partial charge in [-0.1, -0.05) is 37.7 Å². The fraction of sp³-hybridized carbons (Fsp3) is 0.294. The van der Waals surface area contributed by atoms with E-state index in [1.54, 1.807) is 6.33 Å². The van der Waals surface area contributed by atoms with Crippen LogP contribution in [0.4, 0.5) is 5.13 Å². The zero-order chi connectivity index (χ0) is 17.8. The number of benzene rings is 1. The second kappa shape index (κ2) is 7.79. The number of thiazole rings is 1. The number of amides is 1. The van der Waals surface area contributed by atoms with Gasteiger partial charge in [-0.05, 0) is 30.5 Å². The van der Waals surface area contributed by atoms with E-state index in [1.807, 2.05) is 29.0 Å². The van der Waals surface area contributed by atoms with Crippen LogP contribution >= 0.6 is 23.1 Å². The van der Waals surface area contributed by atoms with Gasteiger partial charge in [-0.3, -0.25) is 9.36 Å². The lowest BCUT2D eigenvalue weighted by molar-refractivity contribution is -0.113. The van der Waals surface area contributed by atoms with Crippen LogP contribution in [-0.4, -0.2) is 31.4 Å². The maximum absolute atomic E-state index is 12.1. The molecule has 2 heterocycles. The molecule has 0 aliphatic carbocycles. The van der Waals surface area contributed by atoms with Crippen LogP contribution in [0, 0.1) is 6.92 Å². The van der Waals surface area contributed by atoms with Crippen molar-refractivity contribution in [3.05, 3.63) is 47.2 Å². The van der Waals surface area contributed by atoms with Gasteiger partial charge in [0.2, 0.25) is 5.91 Å². The molecule has 3 aromatic rings. The van der Waals surface area contributed by atoms with E-state index in [4.69, 9.17) is 0 Å². The van der Waals surface area contributed by atoms with E-state index in [-0.39, 0.29) is 11.7 Å². The zero-order valence-electron chi connectivity index (χ0n) is 14.3. The summed E-state index contributed by atoms with van der Waals surface area (Å²) in [6.07, 6.45) is 1.66. The number of aromatic nitrogens is 4. The number of aryl methyl sites for hydroxylation is 1. The van der Waals surface area contributed by atoms with Crippen LogP contribution in [-0.2, 0) is 4.79 Å². The minimum absolute atomic E-state index is 0.107. The van der Waals surface area contributed by atoms with Crippen molar-refractivity contribution >= 4 is 34.1 Å². The first kappa shape index (κ1) is 17.6. The highest BCUT2D eigenvalue weighted by atomic mass is 32.2. The largest absolute Gasteiger partial charge is 0.301 e. The van der Waals surface area contributed by atoms with Crippen LogP contribution in [0.1, 0.15) is 31.0 Å². The molecule has 0 saturated heterocycles. The predicted molar refractivity (Wildman–Crippen MR) is 102 cm³/mol. The van der Waals surface area contributed by atoms with E-state index in [2.05, 4.69) is 46.5 Å². The Morgan fingerprint density at radius 2 is 2.08 bits per heavy atom. The molecule has 1 amide bonds. The minimum atomic E-state index is -0.107. The van der Waals surface area contributed by atoms with Gasteiger partial charge in [-0.2, -0.15) is 0 Å². The Bertz CT molecular complexity index is 854. The number of nitrogens with one attached hydrogen (secondary N) is 1. The molecule has 0 bridgehead atoms. The molecule has 2 aromatic heterocycles. The second-order valence-electron chi connectivity index (χ2n) is 5.86. The number of nitrogens with zero attached hydrogens (tertiary/aromatic N) is 4. The molecule has 25 heavy (non-hydrogen) atoms.